The molecule has 2 fully saturated rings. The summed E-state index contributed by atoms with van der Waals surface area (Å²) in [5.41, 5.74) is 0.416. The fraction of sp³-hybridized carbons (Fsp3) is 0.944. The molecule has 0 aromatic heterocycles. The van der Waals surface area contributed by atoms with E-state index in [0.29, 0.717) is 23.7 Å². The first-order valence-corrected chi connectivity index (χ1v) is 8.98. The first kappa shape index (κ1) is 16.8. The molecule has 1 aliphatic heterocycles. The van der Waals surface area contributed by atoms with Crippen LogP contribution in [-0.2, 0) is 4.79 Å². The number of hydrogen-bond donors (Lipinski definition) is 2. The van der Waals surface area contributed by atoms with Gasteiger partial charge >= 0.3 is 0 Å². The van der Waals surface area contributed by atoms with Gasteiger partial charge in [0.25, 0.3) is 0 Å². The van der Waals surface area contributed by atoms with Gasteiger partial charge in [-0.25, -0.2) is 0 Å². The summed E-state index contributed by atoms with van der Waals surface area (Å²) in [7, 11) is 0. The van der Waals surface area contributed by atoms with Crippen molar-refractivity contribution in [2.45, 2.75) is 65.7 Å². The average molecular weight is 294 g/mol. The molecule has 0 aromatic rings. The molecule has 3 heteroatoms. The lowest BCUT2D eigenvalue weighted by Crippen LogP contribution is -2.43. The van der Waals surface area contributed by atoms with Crippen LogP contribution in [0.15, 0.2) is 0 Å². The molecule has 2 unspecified atom stereocenters. The summed E-state index contributed by atoms with van der Waals surface area (Å²) in [6.45, 7) is 9.96. The second-order valence-electron chi connectivity index (χ2n) is 8.02. The Hall–Kier alpha value is -0.570. The Balaban J connectivity index is 1.71. The standard InChI is InChI=1S/C18H34N2O/c1-14(2)11-18(7-5-8-18)13-20-17(21)10-15(3)16-6-4-9-19-12-16/h14-16,19H,4-13H2,1-3H3,(H,20,21). The van der Waals surface area contributed by atoms with E-state index in [1.165, 1.54) is 38.5 Å². The van der Waals surface area contributed by atoms with E-state index in [9.17, 15) is 4.79 Å². The summed E-state index contributed by atoms with van der Waals surface area (Å²) >= 11 is 0. The van der Waals surface area contributed by atoms with Crippen LogP contribution in [0.4, 0.5) is 0 Å². The van der Waals surface area contributed by atoms with Crippen LogP contribution in [0.3, 0.4) is 0 Å². The molecule has 1 aliphatic carbocycles. The van der Waals surface area contributed by atoms with Crippen molar-refractivity contribution in [3.8, 4) is 0 Å². The van der Waals surface area contributed by atoms with Crippen LogP contribution < -0.4 is 10.6 Å². The van der Waals surface area contributed by atoms with E-state index in [4.69, 9.17) is 0 Å². The highest BCUT2D eigenvalue weighted by atomic mass is 16.1. The van der Waals surface area contributed by atoms with Crippen LogP contribution in [0.2, 0.25) is 0 Å². The van der Waals surface area contributed by atoms with Crippen LogP contribution >= 0.6 is 0 Å². The van der Waals surface area contributed by atoms with Crippen molar-refractivity contribution in [3.05, 3.63) is 0 Å². The van der Waals surface area contributed by atoms with Crippen molar-refractivity contribution >= 4 is 5.91 Å². The number of amides is 1. The van der Waals surface area contributed by atoms with Gasteiger partial charge in [0.15, 0.2) is 0 Å². The van der Waals surface area contributed by atoms with Crippen molar-refractivity contribution in [2.24, 2.45) is 23.2 Å². The molecule has 1 saturated carbocycles. The van der Waals surface area contributed by atoms with E-state index in [0.717, 1.165) is 25.6 Å². The molecule has 2 atom stereocenters. The SMILES string of the molecule is CC(C)CC1(CNC(=O)CC(C)C2CCCNC2)CCC1. The Bertz CT molecular complexity index is 330. The van der Waals surface area contributed by atoms with Crippen LogP contribution in [0.1, 0.15) is 65.7 Å². The number of hydrogen-bond acceptors (Lipinski definition) is 2. The Kier molecular flexibility index (Phi) is 6.09. The van der Waals surface area contributed by atoms with Crippen LogP contribution in [0.5, 0.6) is 0 Å². The van der Waals surface area contributed by atoms with Gasteiger partial charge in [-0.1, -0.05) is 27.2 Å². The molecule has 1 saturated heterocycles. The van der Waals surface area contributed by atoms with Gasteiger partial charge in [0.2, 0.25) is 5.91 Å². The van der Waals surface area contributed by atoms with E-state index >= 15 is 0 Å². The van der Waals surface area contributed by atoms with Crippen molar-refractivity contribution in [3.63, 3.8) is 0 Å². The minimum absolute atomic E-state index is 0.267. The third-order valence-electron chi connectivity index (χ3n) is 5.56. The molecule has 0 radical (unpaired) electrons. The summed E-state index contributed by atoms with van der Waals surface area (Å²) in [5, 5.41) is 6.69. The highest BCUT2D eigenvalue weighted by Crippen LogP contribution is 2.45. The Morgan fingerprint density at radius 1 is 1.29 bits per heavy atom. The van der Waals surface area contributed by atoms with Gasteiger partial charge in [-0.15, -0.1) is 0 Å². The molecule has 0 bridgehead atoms. The second-order valence-corrected chi connectivity index (χ2v) is 8.02. The molecule has 2 rings (SSSR count). The zero-order valence-corrected chi connectivity index (χ0v) is 14.2. The highest BCUT2D eigenvalue weighted by Gasteiger charge is 2.37. The molecule has 1 amide bonds. The van der Waals surface area contributed by atoms with Gasteiger partial charge in [0.05, 0.1) is 0 Å². The van der Waals surface area contributed by atoms with E-state index < -0.39 is 0 Å². The predicted octanol–water partition coefficient (Wildman–Crippen LogP) is 3.34. The van der Waals surface area contributed by atoms with Gasteiger partial charge in [0, 0.05) is 13.0 Å². The fourth-order valence-electron chi connectivity index (χ4n) is 4.18. The van der Waals surface area contributed by atoms with Crippen LogP contribution in [0.25, 0.3) is 0 Å². The molecular formula is C18H34N2O. The topological polar surface area (TPSA) is 41.1 Å². The first-order chi connectivity index (χ1) is 10.0. The summed E-state index contributed by atoms with van der Waals surface area (Å²) < 4.78 is 0. The highest BCUT2D eigenvalue weighted by molar-refractivity contribution is 5.76. The quantitative estimate of drug-likeness (QED) is 0.756. The first-order valence-electron chi connectivity index (χ1n) is 8.98. The number of carbonyl (C=O) groups is 1. The van der Waals surface area contributed by atoms with Crippen molar-refractivity contribution < 1.29 is 4.79 Å². The number of carbonyl (C=O) groups excluding carboxylic acids is 1. The predicted molar refractivity (Wildman–Crippen MR) is 88.1 cm³/mol. The van der Waals surface area contributed by atoms with E-state index in [-0.39, 0.29) is 5.91 Å². The Labute approximate surface area is 130 Å². The lowest BCUT2D eigenvalue weighted by molar-refractivity contribution is -0.123. The molecule has 21 heavy (non-hydrogen) atoms. The maximum Gasteiger partial charge on any atom is 0.220 e. The minimum Gasteiger partial charge on any atom is -0.356 e. The van der Waals surface area contributed by atoms with E-state index in [2.05, 4.69) is 31.4 Å². The van der Waals surface area contributed by atoms with Crippen molar-refractivity contribution in [2.75, 3.05) is 19.6 Å². The minimum atomic E-state index is 0.267. The van der Waals surface area contributed by atoms with E-state index in [1.54, 1.807) is 0 Å². The number of piperidine rings is 1. The number of rotatable bonds is 7. The zero-order valence-electron chi connectivity index (χ0n) is 14.2. The van der Waals surface area contributed by atoms with Crippen LogP contribution in [0, 0.1) is 23.2 Å². The maximum atomic E-state index is 12.2. The molecule has 0 spiro atoms. The zero-order chi connectivity index (χ0) is 15.3. The average Bonchev–Trinajstić information content (AvgIpc) is 2.42. The fourth-order valence-corrected chi connectivity index (χ4v) is 4.18. The van der Waals surface area contributed by atoms with Crippen molar-refractivity contribution in [1.82, 2.24) is 10.6 Å². The Morgan fingerprint density at radius 2 is 2.05 bits per heavy atom. The summed E-state index contributed by atoms with van der Waals surface area (Å²) in [5.74, 6) is 2.18. The number of nitrogens with one attached hydrogen (secondary N) is 2. The Morgan fingerprint density at radius 3 is 2.57 bits per heavy atom. The molecule has 2 aliphatic rings. The van der Waals surface area contributed by atoms with Gasteiger partial charge < -0.3 is 10.6 Å². The maximum absolute atomic E-state index is 12.2. The summed E-state index contributed by atoms with van der Waals surface area (Å²) in [4.78, 5) is 12.2. The molecule has 1 heterocycles. The van der Waals surface area contributed by atoms with Gasteiger partial charge in [-0.2, -0.15) is 0 Å². The summed E-state index contributed by atoms with van der Waals surface area (Å²) in [6.07, 6.45) is 8.43. The third-order valence-corrected chi connectivity index (χ3v) is 5.56. The second kappa shape index (κ2) is 7.62. The molecule has 122 valence electrons. The lowest BCUT2D eigenvalue weighted by Gasteiger charge is -2.43. The van der Waals surface area contributed by atoms with Crippen LogP contribution in [-0.4, -0.2) is 25.5 Å². The molecule has 2 N–H and O–H groups in total. The third kappa shape index (κ3) is 4.98. The molecule has 0 aromatic carbocycles. The lowest BCUT2D eigenvalue weighted by atomic mass is 9.64. The monoisotopic (exact) mass is 294 g/mol. The van der Waals surface area contributed by atoms with Gasteiger partial charge in [-0.05, 0) is 68.4 Å². The van der Waals surface area contributed by atoms with Gasteiger partial charge in [0.1, 0.15) is 0 Å². The van der Waals surface area contributed by atoms with E-state index in [1.807, 2.05) is 0 Å². The summed E-state index contributed by atoms with van der Waals surface area (Å²) in [6, 6.07) is 0. The largest absolute Gasteiger partial charge is 0.356 e. The molecular weight excluding hydrogens is 260 g/mol. The molecule has 3 nitrogen and oxygen atoms in total. The van der Waals surface area contributed by atoms with Gasteiger partial charge in [-0.3, -0.25) is 4.79 Å². The normalized spacial score (nSPS) is 26.2. The van der Waals surface area contributed by atoms with Crippen molar-refractivity contribution in [1.29, 1.82) is 0 Å². The smallest absolute Gasteiger partial charge is 0.220 e.